The van der Waals surface area contributed by atoms with Crippen molar-refractivity contribution in [2.24, 2.45) is 5.92 Å². The largest absolute Gasteiger partial charge is 0.354 e. The van der Waals surface area contributed by atoms with Gasteiger partial charge in [-0.25, -0.2) is 8.42 Å². The Balaban J connectivity index is 2.32. The van der Waals surface area contributed by atoms with Gasteiger partial charge in [0.2, 0.25) is 21.8 Å². The molecule has 0 aromatic heterocycles. The van der Waals surface area contributed by atoms with Crippen LogP contribution in [0.5, 0.6) is 0 Å². The molecule has 34 heavy (non-hydrogen) atoms. The molecule has 1 N–H and O–H groups in total. The Labute approximate surface area is 204 Å². The van der Waals surface area contributed by atoms with Crippen molar-refractivity contribution in [1.29, 1.82) is 0 Å². The first-order valence-corrected chi connectivity index (χ1v) is 13.1. The molecule has 0 spiro atoms. The summed E-state index contributed by atoms with van der Waals surface area (Å²) < 4.78 is 27.1. The quantitative estimate of drug-likeness (QED) is 0.526. The maximum absolute atomic E-state index is 13.5. The minimum absolute atomic E-state index is 0.126. The van der Waals surface area contributed by atoms with Crippen LogP contribution in [0, 0.1) is 19.8 Å². The highest BCUT2D eigenvalue weighted by atomic mass is 32.2. The molecule has 2 rings (SSSR count). The third-order valence-corrected chi connectivity index (χ3v) is 7.58. The summed E-state index contributed by atoms with van der Waals surface area (Å²) in [5, 5.41) is 2.92. The molecule has 186 valence electrons. The van der Waals surface area contributed by atoms with Gasteiger partial charge in [-0.05, 0) is 49.4 Å². The second-order valence-electron chi connectivity index (χ2n) is 9.09. The van der Waals surface area contributed by atoms with Crippen LogP contribution in [0.2, 0.25) is 0 Å². The van der Waals surface area contributed by atoms with Crippen molar-refractivity contribution >= 4 is 21.8 Å². The number of benzene rings is 2. The number of hydrogen-bond acceptors (Lipinski definition) is 4. The van der Waals surface area contributed by atoms with Gasteiger partial charge in [0.1, 0.15) is 6.04 Å². The number of nitrogens with zero attached hydrogens (tertiary/aromatic N) is 2. The number of rotatable bonds is 11. The molecule has 0 unspecified atom stereocenters. The Morgan fingerprint density at radius 1 is 1.00 bits per heavy atom. The van der Waals surface area contributed by atoms with E-state index in [0.717, 1.165) is 21.0 Å². The van der Waals surface area contributed by atoms with Crippen LogP contribution in [0.15, 0.2) is 53.4 Å². The number of nitrogens with one attached hydrogen (secondary N) is 1. The van der Waals surface area contributed by atoms with Crippen LogP contribution < -0.4 is 5.32 Å². The van der Waals surface area contributed by atoms with Gasteiger partial charge in [0.25, 0.3) is 0 Å². The van der Waals surface area contributed by atoms with E-state index in [1.165, 1.54) is 24.1 Å². The van der Waals surface area contributed by atoms with Crippen molar-refractivity contribution in [3.63, 3.8) is 0 Å². The first kappa shape index (κ1) is 27.5. The lowest BCUT2D eigenvalue weighted by Gasteiger charge is -2.32. The second kappa shape index (κ2) is 12.1. The van der Waals surface area contributed by atoms with E-state index < -0.39 is 22.0 Å². The molecule has 0 aliphatic heterocycles. The van der Waals surface area contributed by atoms with Gasteiger partial charge in [0.15, 0.2) is 0 Å². The van der Waals surface area contributed by atoms with E-state index in [4.69, 9.17) is 0 Å². The molecule has 0 bridgehead atoms. The van der Waals surface area contributed by atoms with Crippen LogP contribution in [0.1, 0.15) is 43.9 Å². The zero-order valence-electron chi connectivity index (χ0n) is 21.0. The number of amides is 2. The molecular weight excluding hydrogens is 450 g/mol. The third kappa shape index (κ3) is 7.14. The smallest absolute Gasteiger partial charge is 0.243 e. The molecule has 0 fully saturated rings. The molecule has 0 saturated carbocycles. The maximum atomic E-state index is 13.5. The van der Waals surface area contributed by atoms with Crippen LogP contribution >= 0.6 is 0 Å². The Morgan fingerprint density at radius 3 is 2.18 bits per heavy atom. The monoisotopic (exact) mass is 487 g/mol. The van der Waals surface area contributed by atoms with E-state index in [2.05, 4.69) is 5.32 Å². The zero-order chi connectivity index (χ0) is 25.5. The number of sulfonamides is 1. The summed E-state index contributed by atoms with van der Waals surface area (Å²) in [7, 11) is -2.47. The molecule has 2 aromatic carbocycles. The molecule has 0 heterocycles. The Kier molecular flexibility index (Phi) is 9.82. The average Bonchev–Trinajstić information content (AvgIpc) is 2.78. The number of carbonyl (C=O) groups excluding carboxylic acids is 2. The van der Waals surface area contributed by atoms with Crippen molar-refractivity contribution in [1.82, 2.24) is 14.5 Å². The molecule has 0 saturated heterocycles. The van der Waals surface area contributed by atoms with Gasteiger partial charge in [-0.2, -0.15) is 4.31 Å². The van der Waals surface area contributed by atoms with Crippen molar-refractivity contribution in [2.45, 2.75) is 58.5 Å². The van der Waals surface area contributed by atoms with Gasteiger partial charge < -0.3 is 10.2 Å². The minimum atomic E-state index is -3.85. The molecular formula is C26H37N3O4S. The highest BCUT2D eigenvalue weighted by Crippen LogP contribution is 2.18. The van der Waals surface area contributed by atoms with E-state index in [9.17, 15) is 18.0 Å². The summed E-state index contributed by atoms with van der Waals surface area (Å²) in [4.78, 5) is 28.1. The summed E-state index contributed by atoms with van der Waals surface area (Å²) in [6.45, 7) is 10.0. The Bertz CT molecular complexity index is 1080. The zero-order valence-corrected chi connectivity index (χ0v) is 21.9. The summed E-state index contributed by atoms with van der Waals surface area (Å²) in [6, 6.07) is 13.5. The summed E-state index contributed by atoms with van der Waals surface area (Å²) in [6.07, 6.45) is 0.413. The van der Waals surface area contributed by atoms with Gasteiger partial charge in [-0.15, -0.1) is 0 Å². The summed E-state index contributed by atoms with van der Waals surface area (Å²) in [5.41, 5.74) is 2.86. The van der Waals surface area contributed by atoms with Crippen molar-refractivity contribution < 1.29 is 18.0 Å². The topological polar surface area (TPSA) is 86.8 Å². The van der Waals surface area contributed by atoms with Crippen LogP contribution in [0.4, 0.5) is 0 Å². The number of aryl methyl sites for hydroxylation is 2. The molecule has 2 amide bonds. The van der Waals surface area contributed by atoms with E-state index in [0.29, 0.717) is 13.0 Å². The lowest BCUT2D eigenvalue weighted by atomic mass is 10.1. The fourth-order valence-corrected chi connectivity index (χ4v) is 4.69. The second-order valence-corrected chi connectivity index (χ2v) is 11.1. The molecule has 8 heteroatoms. The predicted octanol–water partition coefficient (Wildman–Crippen LogP) is 3.50. The molecule has 2 aromatic rings. The van der Waals surface area contributed by atoms with Gasteiger partial charge in [-0.3, -0.25) is 9.59 Å². The Morgan fingerprint density at radius 2 is 1.62 bits per heavy atom. The minimum Gasteiger partial charge on any atom is -0.354 e. The highest BCUT2D eigenvalue weighted by molar-refractivity contribution is 7.89. The van der Waals surface area contributed by atoms with Crippen molar-refractivity contribution in [3.8, 4) is 0 Å². The highest BCUT2D eigenvalue weighted by Gasteiger charge is 2.32. The normalized spacial score (nSPS) is 12.6. The van der Waals surface area contributed by atoms with Crippen LogP contribution in [0.3, 0.4) is 0 Å². The van der Waals surface area contributed by atoms with Crippen LogP contribution in [-0.4, -0.2) is 55.6 Å². The number of carbonyl (C=O) groups is 2. The predicted molar refractivity (Wildman–Crippen MR) is 135 cm³/mol. The SMILES string of the molecule is CC[C@H](C(=O)NCC(C)C)N(Cc1ccccc1C)C(=O)CN(C)S(=O)(=O)c1ccc(C)cc1. The first-order chi connectivity index (χ1) is 16.0. The molecule has 1 atom stereocenters. The summed E-state index contributed by atoms with van der Waals surface area (Å²) >= 11 is 0. The fraction of sp³-hybridized carbons (Fsp3) is 0.462. The van der Waals surface area contributed by atoms with Crippen molar-refractivity contribution in [2.75, 3.05) is 20.1 Å². The van der Waals surface area contributed by atoms with Crippen LogP contribution in [0.25, 0.3) is 0 Å². The molecule has 0 radical (unpaired) electrons. The molecule has 0 aliphatic rings. The standard InChI is InChI=1S/C26H37N3O4S/c1-7-24(26(31)27-16-19(2)3)29(17-22-11-9-8-10-21(22)5)25(30)18-28(6)34(32,33)23-14-12-20(4)13-15-23/h8-15,19,24H,7,16-18H2,1-6H3,(H,27,31)/t24-/m1/s1. The lowest BCUT2D eigenvalue weighted by Crippen LogP contribution is -2.52. The van der Waals surface area contributed by atoms with Crippen LogP contribution in [-0.2, 0) is 26.2 Å². The van der Waals surface area contributed by atoms with Gasteiger partial charge in [-0.1, -0.05) is 62.7 Å². The maximum Gasteiger partial charge on any atom is 0.243 e. The lowest BCUT2D eigenvalue weighted by molar-refractivity contribution is -0.141. The molecule has 0 aliphatic carbocycles. The Hall–Kier alpha value is -2.71. The third-order valence-electron chi connectivity index (χ3n) is 5.76. The summed E-state index contributed by atoms with van der Waals surface area (Å²) in [5.74, 6) is -0.386. The number of hydrogen-bond donors (Lipinski definition) is 1. The van der Waals surface area contributed by atoms with E-state index in [1.807, 2.05) is 58.9 Å². The van der Waals surface area contributed by atoms with Gasteiger partial charge >= 0.3 is 0 Å². The van der Waals surface area contributed by atoms with E-state index in [-0.39, 0.29) is 29.8 Å². The van der Waals surface area contributed by atoms with E-state index >= 15 is 0 Å². The molecule has 7 nitrogen and oxygen atoms in total. The van der Waals surface area contributed by atoms with E-state index in [1.54, 1.807) is 12.1 Å². The van der Waals surface area contributed by atoms with Gasteiger partial charge in [0.05, 0.1) is 11.4 Å². The first-order valence-electron chi connectivity index (χ1n) is 11.6. The van der Waals surface area contributed by atoms with Crippen molar-refractivity contribution in [3.05, 3.63) is 65.2 Å². The number of likely N-dealkylation sites (N-methyl/N-ethyl adjacent to an activating group) is 1. The fourth-order valence-electron chi connectivity index (χ4n) is 3.57. The van der Waals surface area contributed by atoms with Gasteiger partial charge in [0, 0.05) is 20.1 Å². The average molecular weight is 488 g/mol.